The molecule has 2 heterocycles. The lowest BCUT2D eigenvalue weighted by Crippen LogP contribution is -2.44. The molecule has 7 nitrogen and oxygen atoms in total. The van der Waals surface area contributed by atoms with Crippen LogP contribution in [0.3, 0.4) is 0 Å². The van der Waals surface area contributed by atoms with Gasteiger partial charge in [-0.05, 0) is 12.5 Å². The summed E-state index contributed by atoms with van der Waals surface area (Å²) in [6, 6.07) is 8.14. The number of nitrogens with one attached hydrogen (secondary N) is 2. The molecule has 30 heavy (non-hydrogen) atoms. The molecule has 0 atom stereocenters. The van der Waals surface area contributed by atoms with Gasteiger partial charge in [-0.1, -0.05) is 42.1 Å². The number of benzene rings is 1. The normalized spacial score (nSPS) is 14.3. The van der Waals surface area contributed by atoms with E-state index in [9.17, 15) is 22.8 Å². The lowest BCUT2D eigenvalue weighted by molar-refractivity contribution is -0.141. The minimum absolute atomic E-state index is 0.0210. The fourth-order valence-electron chi connectivity index (χ4n) is 2.85. The lowest BCUT2D eigenvalue weighted by Gasteiger charge is -2.21. The van der Waals surface area contributed by atoms with Gasteiger partial charge in [-0.2, -0.15) is 13.2 Å². The van der Waals surface area contributed by atoms with E-state index < -0.39 is 24.7 Å². The predicted molar refractivity (Wildman–Crippen MR) is 105 cm³/mol. The second kappa shape index (κ2) is 9.24. The molecule has 2 amide bonds. The van der Waals surface area contributed by atoms with Crippen molar-refractivity contribution in [2.24, 2.45) is 0 Å². The SMILES string of the molecule is CCOC(=O)C1=C(CSc2ncc(-c3ccccc3)n2CC(F)(F)F)NC(=O)NC1. The molecule has 2 N–H and O–H groups in total. The number of urea groups is 1. The first-order valence-corrected chi connectivity index (χ1v) is 10.0. The molecule has 2 aromatic rings. The Morgan fingerprint density at radius 1 is 1.30 bits per heavy atom. The molecule has 0 bridgehead atoms. The Kier molecular flexibility index (Phi) is 6.70. The molecule has 11 heteroatoms. The van der Waals surface area contributed by atoms with E-state index in [4.69, 9.17) is 4.74 Å². The minimum Gasteiger partial charge on any atom is -0.463 e. The zero-order chi connectivity index (χ0) is 21.7. The maximum Gasteiger partial charge on any atom is 0.406 e. The summed E-state index contributed by atoms with van der Waals surface area (Å²) in [6.07, 6.45) is -3.07. The minimum atomic E-state index is -4.45. The molecule has 1 aromatic carbocycles. The van der Waals surface area contributed by atoms with Crippen molar-refractivity contribution in [2.75, 3.05) is 18.9 Å². The average molecular weight is 440 g/mol. The third kappa shape index (κ3) is 5.35. The van der Waals surface area contributed by atoms with Crippen molar-refractivity contribution < 1.29 is 27.5 Å². The first-order chi connectivity index (χ1) is 14.3. The zero-order valence-electron chi connectivity index (χ0n) is 16.0. The lowest BCUT2D eigenvalue weighted by atomic mass is 10.2. The number of imidazole rings is 1. The van der Waals surface area contributed by atoms with Crippen LogP contribution in [-0.4, -0.2) is 46.6 Å². The standard InChI is InChI=1S/C19H19F3N4O3S/c1-2-29-16(27)13-8-23-17(28)25-14(13)10-30-18-24-9-15(12-6-4-3-5-7-12)26(18)11-19(20,21)22/h3-7,9H,2,8,10-11H2,1H3,(H2,23,25,28). The summed E-state index contributed by atoms with van der Waals surface area (Å²) in [6.45, 7) is 0.581. The molecule has 160 valence electrons. The monoisotopic (exact) mass is 440 g/mol. The number of ether oxygens (including phenoxy) is 1. The number of amides is 2. The second-order valence-corrected chi connectivity index (χ2v) is 7.21. The van der Waals surface area contributed by atoms with Crippen LogP contribution >= 0.6 is 11.8 Å². The van der Waals surface area contributed by atoms with Gasteiger partial charge in [0.05, 0.1) is 30.6 Å². The van der Waals surface area contributed by atoms with Crippen LogP contribution in [0.4, 0.5) is 18.0 Å². The van der Waals surface area contributed by atoms with Gasteiger partial charge in [0.25, 0.3) is 0 Å². The number of carbonyl (C=O) groups excluding carboxylic acids is 2. The van der Waals surface area contributed by atoms with Crippen molar-refractivity contribution in [2.45, 2.75) is 24.8 Å². The molecule has 1 aromatic heterocycles. The van der Waals surface area contributed by atoms with Crippen LogP contribution in [0, 0.1) is 0 Å². The number of nitrogens with zero attached hydrogens (tertiary/aromatic N) is 2. The summed E-state index contributed by atoms with van der Waals surface area (Å²) in [5.74, 6) is -0.547. The predicted octanol–water partition coefficient (Wildman–Crippen LogP) is 3.33. The Bertz CT molecular complexity index is 958. The second-order valence-electron chi connectivity index (χ2n) is 6.27. The van der Waals surface area contributed by atoms with Gasteiger partial charge in [0, 0.05) is 11.4 Å². The van der Waals surface area contributed by atoms with Crippen molar-refractivity contribution in [1.82, 2.24) is 20.2 Å². The third-order valence-electron chi connectivity index (χ3n) is 4.15. The largest absolute Gasteiger partial charge is 0.463 e. The molecule has 1 aliphatic heterocycles. The number of hydrogen-bond acceptors (Lipinski definition) is 5. The van der Waals surface area contributed by atoms with E-state index in [-0.39, 0.29) is 35.3 Å². The highest BCUT2D eigenvalue weighted by molar-refractivity contribution is 7.99. The molecule has 0 aliphatic carbocycles. The molecule has 1 aliphatic rings. The molecule has 0 saturated carbocycles. The summed E-state index contributed by atoms with van der Waals surface area (Å²) in [5.41, 5.74) is 1.43. The van der Waals surface area contributed by atoms with Gasteiger partial charge < -0.3 is 19.9 Å². The Hall–Kier alpha value is -2.95. The molecule has 0 fully saturated rings. The molecule has 0 spiro atoms. The van der Waals surface area contributed by atoms with E-state index >= 15 is 0 Å². The van der Waals surface area contributed by atoms with Crippen LogP contribution in [0.15, 0.2) is 53.0 Å². The summed E-state index contributed by atoms with van der Waals surface area (Å²) in [5, 5.41) is 5.13. The highest BCUT2D eigenvalue weighted by Crippen LogP contribution is 2.31. The Morgan fingerprint density at radius 3 is 2.70 bits per heavy atom. The topological polar surface area (TPSA) is 85.2 Å². The van der Waals surface area contributed by atoms with E-state index in [1.54, 1.807) is 37.3 Å². The van der Waals surface area contributed by atoms with E-state index in [0.717, 1.165) is 16.3 Å². The maximum atomic E-state index is 13.2. The number of thioether (sulfide) groups is 1. The van der Waals surface area contributed by atoms with Gasteiger partial charge in [0.2, 0.25) is 0 Å². The maximum absolute atomic E-state index is 13.2. The molecule has 3 rings (SSSR count). The average Bonchev–Trinajstić information content (AvgIpc) is 3.08. The number of halogens is 3. The summed E-state index contributed by atoms with van der Waals surface area (Å²) in [4.78, 5) is 27.9. The van der Waals surface area contributed by atoms with E-state index in [2.05, 4.69) is 15.6 Å². The first-order valence-electron chi connectivity index (χ1n) is 9.03. The van der Waals surface area contributed by atoms with Gasteiger partial charge in [-0.15, -0.1) is 0 Å². The van der Waals surface area contributed by atoms with E-state index in [0.29, 0.717) is 11.3 Å². The molecule has 0 unspecified atom stereocenters. The Labute approximate surface area is 174 Å². The Morgan fingerprint density at radius 2 is 2.03 bits per heavy atom. The fraction of sp³-hybridized carbons (Fsp3) is 0.316. The van der Waals surface area contributed by atoms with Crippen LogP contribution in [0.2, 0.25) is 0 Å². The van der Waals surface area contributed by atoms with Gasteiger partial charge in [-0.3, -0.25) is 0 Å². The van der Waals surface area contributed by atoms with Crippen molar-refractivity contribution in [1.29, 1.82) is 0 Å². The number of rotatable bonds is 7. The number of hydrogen-bond donors (Lipinski definition) is 2. The van der Waals surface area contributed by atoms with Crippen molar-refractivity contribution in [3.63, 3.8) is 0 Å². The van der Waals surface area contributed by atoms with Crippen molar-refractivity contribution in [3.05, 3.63) is 47.8 Å². The summed E-state index contributed by atoms with van der Waals surface area (Å²) < 4.78 is 45.7. The third-order valence-corrected chi connectivity index (χ3v) is 5.16. The van der Waals surface area contributed by atoms with Crippen LogP contribution in [0.25, 0.3) is 11.3 Å². The van der Waals surface area contributed by atoms with Gasteiger partial charge in [0.15, 0.2) is 5.16 Å². The quantitative estimate of drug-likeness (QED) is 0.510. The van der Waals surface area contributed by atoms with Gasteiger partial charge >= 0.3 is 18.2 Å². The first kappa shape index (κ1) is 21.8. The van der Waals surface area contributed by atoms with Gasteiger partial charge in [-0.25, -0.2) is 14.6 Å². The number of aromatic nitrogens is 2. The van der Waals surface area contributed by atoms with Crippen LogP contribution in [-0.2, 0) is 16.1 Å². The van der Waals surface area contributed by atoms with Crippen molar-refractivity contribution >= 4 is 23.8 Å². The molecule has 0 radical (unpaired) electrons. The van der Waals surface area contributed by atoms with Crippen LogP contribution in [0.1, 0.15) is 6.92 Å². The van der Waals surface area contributed by atoms with Crippen molar-refractivity contribution in [3.8, 4) is 11.3 Å². The number of esters is 1. The van der Waals surface area contributed by atoms with Crippen LogP contribution < -0.4 is 10.6 Å². The van der Waals surface area contributed by atoms with Crippen LogP contribution in [0.5, 0.6) is 0 Å². The molecule has 0 saturated heterocycles. The highest BCUT2D eigenvalue weighted by Gasteiger charge is 2.31. The summed E-state index contributed by atoms with van der Waals surface area (Å²) >= 11 is 0.995. The number of alkyl halides is 3. The van der Waals surface area contributed by atoms with Gasteiger partial charge in [0.1, 0.15) is 6.54 Å². The highest BCUT2D eigenvalue weighted by atomic mass is 32.2. The fourth-order valence-corrected chi connectivity index (χ4v) is 3.82. The van der Waals surface area contributed by atoms with E-state index in [1.165, 1.54) is 6.20 Å². The number of carbonyl (C=O) groups is 2. The summed E-state index contributed by atoms with van der Waals surface area (Å²) in [7, 11) is 0. The molecular formula is C19H19F3N4O3S. The molecular weight excluding hydrogens is 421 g/mol. The van der Waals surface area contributed by atoms with E-state index in [1.807, 2.05) is 0 Å². The Balaban J connectivity index is 1.89. The zero-order valence-corrected chi connectivity index (χ0v) is 16.8. The smallest absolute Gasteiger partial charge is 0.406 e.